The SMILES string of the molecule is CC(C)Nc1nc(C#N)cc2cnc(N[C@@H]3CC[C@@H](N)C3)cc12. The van der Waals surface area contributed by atoms with E-state index >= 15 is 0 Å². The Labute approximate surface area is 136 Å². The van der Waals surface area contributed by atoms with Crippen LogP contribution in [0.25, 0.3) is 10.8 Å². The quantitative estimate of drug-likeness (QED) is 0.802. The van der Waals surface area contributed by atoms with Gasteiger partial charge in [-0.25, -0.2) is 9.97 Å². The number of hydrogen-bond acceptors (Lipinski definition) is 6. The summed E-state index contributed by atoms with van der Waals surface area (Å²) >= 11 is 0. The van der Waals surface area contributed by atoms with Gasteiger partial charge in [0.15, 0.2) is 0 Å². The van der Waals surface area contributed by atoms with Gasteiger partial charge < -0.3 is 16.4 Å². The summed E-state index contributed by atoms with van der Waals surface area (Å²) in [6, 6.07) is 6.76. The largest absolute Gasteiger partial charge is 0.367 e. The van der Waals surface area contributed by atoms with Crippen molar-refractivity contribution in [1.29, 1.82) is 5.26 Å². The molecule has 6 nitrogen and oxygen atoms in total. The van der Waals surface area contributed by atoms with E-state index in [-0.39, 0.29) is 12.1 Å². The van der Waals surface area contributed by atoms with Crippen LogP contribution in [0.15, 0.2) is 18.3 Å². The number of pyridine rings is 2. The van der Waals surface area contributed by atoms with Crippen LogP contribution in [0.5, 0.6) is 0 Å². The lowest BCUT2D eigenvalue weighted by Gasteiger charge is -2.16. The highest BCUT2D eigenvalue weighted by Gasteiger charge is 2.22. The second kappa shape index (κ2) is 6.39. The summed E-state index contributed by atoms with van der Waals surface area (Å²) < 4.78 is 0. The molecule has 0 spiro atoms. The number of rotatable bonds is 4. The first-order valence-electron chi connectivity index (χ1n) is 8.04. The fourth-order valence-corrected chi connectivity index (χ4v) is 3.02. The van der Waals surface area contributed by atoms with Gasteiger partial charge in [0.25, 0.3) is 0 Å². The number of anilines is 2. The maximum Gasteiger partial charge on any atom is 0.143 e. The van der Waals surface area contributed by atoms with Gasteiger partial charge in [-0.05, 0) is 45.2 Å². The zero-order valence-electron chi connectivity index (χ0n) is 13.5. The molecule has 4 N–H and O–H groups in total. The van der Waals surface area contributed by atoms with Crippen molar-refractivity contribution in [2.24, 2.45) is 5.73 Å². The number of aromatic nitrogens is 2. The first-order valence-corrected chi connectivity index (χ1v) is 8.04. The van der Waals surface area contributed by atoms with Gasteiger partial charge in [0.1, 0.15) is 23.4 Å². The Hall–Kier alpha value is -2.39. The predicted octanol–water partition coefficient (Wildman–Crippen LogP) is 2.61. The normalized spacial score (nSPS) is 20.7. The van der Waals surface area contributed by atoms with Gasteiger partial charge in [-0.15, -0.1) is 0 Å². The van der Waals surface area contributed by atoms with Crippen molar-refractivity contribution in [1.82, 2.24) is 9.97 Å². The maximum atomic E-state index is 9.14. The van der Waals surface area contributed by atoms with Crippen molar-refractivity contribution in [3.05, 3.63) is 24.0 Å². The molecular formula is C17H22N6. The fraction of sp³-hybridized carbons (Fsp3) is 0.471. The Morgan fingerprint density at radius 1 is 1.35 bits per heavy atom. The summed E-state index contributed by atoms with van der Waals surface area (Å²) in [6.45, 7) is 4.10. The van der Waals surface area contributed by atoms with Crippen LogP contribution in [0.4, 0.5) is 11.6 Å². The van der Waals surface area contributed by atoms with Crippen LogP contribution in [0.3, 0.4) is 0 Å². The van der Waals surface area contributed by atoms with Gasteiger partial charge in [-0.3, -0.25) is 0 Å². The molecular weight excluding hydrogens is 288 g/mol. The third-order valence-corrected chi connectivity index (χ3v) is 4.08. The number of nitrogens with zero attached hydrogens (tertiary/aromatic N) is 3. The second-order valence-electron chi connectivity index (χ2n) is 6.47. The first-order chi connectivity index (χ1) is 11.0. The van der Waals surface area contributed by atoms with Crippen molar-refractivity contribution in [3.8, 4) is 6.07 Å². The van der Waals surface area contributed by atoms with Crippen LogP contribution in [-0.2, 0) is 0 Å². The number of nitrogens with one attached hydrogen (secondary N) is 2. The second-order valence-corrected chi connectivity index (χ2v) is 6.47. The molecule has 23 heavy (non-hydrogen) atoms. The molecule has 1 fully saturated rings. The molecule has 0 amide bonds. The monoisotopic (exact) mass is 310 g/mol. The predicted molar refractivity (Wildman–Crippen MR) is 92.2 cm³/mol. The van der Waals surface area contributed by atoms with Crippen molar-refractivity contribution < 1.29 is 0 Å². The Morgan fingerprint density at radius 3 is 2.83 bits per heavy atom. The molecule has 6 heteroatoms. The standard InChI is InChI=1S/C17H22N6/c1-10(2)21-17-15-7-16(22-13-4-3-12(19)6-13)20-9-11(15)5-14(8-18)23-17/h5,7,9-10,12-13H,3-4,6,19H2,1-2H3,(H,20,22)(H,21,23)/t12-,13-/m1/s1. The molecule has 120 valence electrons. The molecule has 1 aliphatic rings. The number of nitriles is 1. The lowest BCUT2D eigenvalue weighted by Crippen LogP contribution is -2.21. The van der Waals surface area contributed by atoms with Crippen LogP contribution in [0, 0.1) is 11.3 Å². The van der Waals surface area contributed by atoms with E-state index in [9.17, 15) is 0 Å². The topological polar surface area (TPSA) is 99.6 Å². The lowest BCUT2D eigenvalue weighted by molar-refractivity contribution is 0.687. The fourth-order valence-electron chi connectivity index (χ4n) is 3.02. The van der Waals surface area contributed by atoms with Gasteiger partial charge in [0, 0.05) is 35.1 Å². The van der Waals surface area contributed by atoms with Gasteiger partial charge in [-0.2, -0.15) is 5.26 Å². The van der Waals surface area contributed by atoms with Crippen molar-refractivity contribution in [2.75, 3.05) is 10.6 Å². The molecule has 2 aromatic rings. The first kappa shape index (κ1) is 15.5. The Kier molecular flexibility index (Phi) is 4.30. The minimum atomic E-state index is 0.233. The lowest BCUT2D eigenvalue weighted by atomic mass is 10.1. The highest BCUT2D eigenvalue weighted by Crippen LogP contribution is 2.27. The van der Waals surface area contributed by atoms with Gasteiger partial charge in [0.2, 0.25) is 0 Å². The molecule has 1 saturated carbocycles. The molecule has 3 rings (SSSR count). The van der Waals surface area contributed by atoms with E-state index in [1.807, 2.05) is 19.9 Å². The van der Waals surface area contributed by atoms with Gasteiger partial charge in [-0.1, -0.05) is 0 Å². The van der Waals surface area contributed by atoms with E-state index in [0.717, 1.165) is 41.7 Å². The molecule has 2 atom stereocenters. The maximum absolute atomic E-state index is 9.14. The summed E-state index contributed by atoms with van der Waals surface area (Å²) in [7, 11) is 0. The Morgan fingerprint density at radius 2 is 2.17 bits per heavy atom. The Balaban J connectivity index is 1.95. The van der Waals surface area contributed by atoms with Crippen LogP contribution in [0.2, 0.25) is 0 Å². The summed E-state index contributed by atoms with van der Waals surface area (Å²) in [5.74, 6) is 1.55. The summed E-state index contributed by atoms with van der Waals surface area (Å²) in [4.78, 5) is 8.87. The van der Waals surface area contributed by atoms with E-state index in [1.54, 1.807) is 12.3 Å². The third kappa shape index (κ3) is 3.51. The molecule has 0 aliphatic heterocycles. The number of fused-ring (bicyclic) bond motifs is 1. The van der Waals surface area contributed by atoms with Crippen molar-refractivity contribution in [2.45, 2.75) is 51.2 Å². The molecule has 1 aliphatic carbocycles. The van der Waals surface area contributed by atoms with Crippen molar-refractivity contribution >= 4 is 22.4 Å². The molecule has 2 aromatic heterocycles. The van der Waals surface area contributed by atoms with E-state index in [1.165, 1.54) is 0 Å². The molecule has 0 radical (unpaired) electrons. The number of hydrogen-bond donors (Lipinski definition) is 3. The molecule has 2 heterocycles. The van der Waals surface area contributed by atoms with Crippen molar-refractivity contribution in [3.63, 3.8) is 0 Å². The highest BCUT2D eigenvalue weighted by atomic mass is 15.0. The Bertz CT molecular complexity index is 749. The number of nitrogens with two attached hydrogens (primary N) is 1. The van der Waals surface area contributed by atoms with Crippen LogP contribution in [0.1, 0.15) is 38.8 Å². The van der Waals surface area contributed by atoms with Crippen LogP contribution >= 0.6 is 0 Å². The summed E-state index contributed by atoms with van der Waals surface area (Å²) in [5, 5.41) is 17.8. The molecule has 0 bridgehead atoms. The average molecular weight is 310 g/mol. The van der Waals surface area contributed by atoms with Gasteiger partial charge >= 0.3 is 0 Å². The van der Waals surface area contributed by atoms with E-state index in [0.29, 0.717) is 11.7 Å². The van der Waals surface area contributed by atoms with Crippen LogP contribution < -0.4 is 16.4 Å². The smallest absolute Gasteiger partial charge is 0.143 e. The minimum absolute atomic E-state index is 0.233. The van der Waals surface area contributed by atoms with E-state index < -0.39 is 0 Å². The van der Waals surface area contributed by atoms with Crippen LogP contribution in [-0.4, -0.2) is 28.1 Å². The zero-order valence-corrected chi connectivity index (χ0v) is 13.5. The highest BCUT2D eigenvalue weighted by molar-refractivity contribution is 5.93. The summed E-state index contributed by atoms with van der Waals surface area (Å²) in [6.07, 6.45) is 4.89. The molecule has 0 aromatic carbocycles. The van der Waals surface area contributed by atoms with Gasteiger partial charge in [0.05, 0.1) is 0 Å². The van der Waals surface area contributed by atoms with E-state index in [4.69, 9.17) is 11.0 Å². The summed E-state index contributed by atoms with van der Waals surface area (Å²) in [5.41, 5.74) is 6.36. The zero-order chi connectivity index (χ0) is 16.4. The minimum Gasteiger partial charge on any atom is -0.367 e. The third-order valence-electron chi connectivity index (χ3n) is 4.08. The molecule has 0 saturated heterocycles. The molecule has 0 unspecified atom stereocenters. The average Bonchev–Trinajstić information content (AvgIpc) is 2.92. The van der Waals surface area contributed by atoms with E-state index in [2.05, 4.69) is 26.7 Å².